The molecule has 2 atom stereocenters. The molecule has 0 radical (unpaired) electrons. The highest BCUT2D eigenvalue weighted by Crippen LogP contribution is 2.38. The number of nitrogens with one attached hydrogen (secondary N) is 5. The smallest absolute Gasteiger partial charge is 0.315 e. The number of hydrogen-bond acceptors (Lipinski definition) is 12. The van der Waals surface area contributed by atoms with E-state index in [2.05, 4.69) is 47.1 Å². The van der Waals surface area contributed by atoms with Gasteiger partial charge in [-0.3, -0.25) is 19.1 Å². The van der Waals surface area contributed by atoms with Crippen LogP contribution in [-0.4, -0.2) is 111 Å². The summed E-state index contributed by atoms with van der Waals surface area (Å²) >= 11 is 0. The SMILES string of the molecule is C[C@H]1NC(=O)N[C@H]1CCCCCC(=O)NCCCn1cc(CCCC2(CCCC(=O)NCCOCCOCCNC(=O)c3ccc(S(N)(=O)=O)cc3)N=N2)nn1. The van der Waals surface area contributed by atoms with Gasteiger partial charge in [0, 0.05) is 56.8 Å². The molecule has 0 saturated carbocycles. The van der Waals surface area contributed by atoms with E-state index in [9.17, 15) is 27.6 Å². The maximum atomic E-state index is 12.3. The molecule has 0 bridgehead atoms. The third kappa shape index (κ3) is 16.7. The molecule has 310 valence electrons. The number of ether oxygens (including phenoxy) is 2. The lowest BCUT2D eigenvalue weighted by atomic mass is 9.99. The van der Waals surface area contributed by atoms with Crippen LogP contribution in [-0.2, 0) is 42.1 Å². The number of nitrogens with zero attached hydrogens (tertiary/aromatic N) is 5. The van der Waals surface area contributed by atoms with Gasteiger partial charge in [-0.2, -0.15) is 10.2 Å². The number of nitrogens with two attached hydrogens (primary N) is 1. The molecule has 1 fully saturated rings. The molecule has 2 aliphatic heterocycles. The number of carbonyl (C=O) groups is 4. The third-order valence-corrected chi connectivity index (χ3v) is 10.4. The maximum Gasteiger partial charge on any atom is 0.315 e. The second kappa shape index (κ2) is 22.9. The molecule has 0 aliphatic carbocycles. The zero-order valence-electron chi connectivity index (χ0n) is 32.2. The number of aromatic nitrogens is 3. The second-order valence-corrected chi connectivity index (χ2v) is 15.6. The van der Waals surface area contributed by atoms with Crippen molar-refractivity contribution in [2.75, 3.05) is 46.1 Å². The molecule has 0 spiro atoms. The van der Waals surface area contributed by atoms with Gasteiger partial charge in [0.1, 0.15) is 0 Å². The summed E-state index contributed by atoms with van der Waals surface area (Å²) in [6.07, 6.45) is 11.1. The number of unbranched alkanes of at least 4 members (excludes halogenated alkanes) is 2. The standard InChI is InChI=1S/C36H57N11O8S/c1-27-31(42-35(51)41-27)9-3-2-4-10-32(48)38-18-7-21-47-26-29(43-46-47)8-5-16-36(44-45-36)17-6-11-33(49)39-19-22-54-24-25-55-23-20-40-34(50)28-12-14-30(15-13-28)56(37,52)53/h12-15,26-27,31H,2-11,16-25H2,1H3,(H,38,48)(H,39,49)(H,40,50)(H2,37,52,53)(H2,41,42,51)/t27-,31+/m1/s1. The van der Waals surface area contributed by atoms with E-state index in [1.165, 1.54) is 24.3 Å². The van der Waals surface area contributed by atoms with E-state index in [0.29, 0.717) is 64.3 Å². The van der Waals surface area contributed by atoms with Crippen LogP contribution in [0.2, 0.25) is 0 Å². The molecule has 1 aromatic carbocycles. The number of benzene rings is 1. The Bertz CT molecular complexity index is 1700. The Hall–Kier alpha value is -4.53. The van der Waals surface area contributed by atoms with Gasteiger partial charge in [-0.25, -0.2) is 18.4 Å². The number of aryl methyl sites for hydroxylation is 2. The Morgan fingerprint density at radius 3 is 2.16 bits per heavy atom. The molecule has 1 aromatic heterocycles. The van der Waals surface area contributed by atoms with Crippen molar-refractivity contribution in [1.82, 2.24) is 41.6 Å². The summed E-state index contributed by atoms with van der Waals surface area (Å²) in [4.78, 5) is 47.9. The number of hydrogen-bond donors (Lipinski definition) is 6. The Kier molecular flexibility index (Phi) is 18.1. The first-order valence-corrected chi connectivity index (χ1v) is 21.0. The lowest BCUT2D eigenvalue weighted by Gasteiger charge is -2.13. The van der Waals surface area contributed by atoms with Crippen LogP contribution >= 0.6 is 0 Å². The van der Waals surface area contributed by atoms with Crippen LogP contribution in [0.25, 0.3) is 0 Å². The molecule has 4 rings (SSSR count). The summed E-state index contributed by atoms with van der Waals surface area (Å²) < 4.78 is 35.4. The molecule has 2 aromatic rings. The van der Waals surface area contributed by atoms with Crippen LogP contribution in [0.4, 0.5) is 4.79 Å². The minimum Gasteiger partial charge on any atom is -0.377 e. The minimum absolute atomic E-state index is 0.0529. The van der Waals surface area contributed by atoms with Crippen LogP contribution < -0.4 is 31.7 Å². The van der Waals surface area contributed by atoms with E-state index in [1.54, 1.807) is 4.68 Å². The van der Waals surface area contributed by atoms with Crippen LogP contribution in [0.15, 0.2) is 45.6 Å². The van der Waals surface area contributed by atoms with Crippen molar-refractivity contribution in [2.24, 2.45) is 15.4 Å². The zero-order valence-corrected chi connectivity index (χ0v) is 33.0. The highest BCUT2D eigenvalue weighted by Gasteiger charge is 2.38. The summed E-state index contributed by atoms with van der Waals surface area (Å²) in [5.74, 6) is -0.353. The molecular weight excluding hydrogens is 747 g/mol. The summed E-state index contributed by atoms with van der Waals surface area (Å²) in [6.45, 7) is 5.19. The van der Waals surface area contributed by atoms with E-state index in [1.807, 2.05) is 13.1 Å². The number of urea groups is 1. The van der Waals surface area contributed by atoms with E-state index in [4.69, 9.17) is 14.6 Å². The zero-order chi connectivity index (χ0) is 40.2. The predicted molar refractivity (Wildman–Crippen MR) is 205 cm³/mol. The van der Waals surface area contributed by atoms with Crippen molar-refractivity contribution in [2.45, 2.75) is 113 Å². The summed E-state index contributed by atoms with van der Waals surface area (Å²) in [5, 5.41) is 36.4. The van der Waals surface area contributed by atoms with Gasteiger partial charge in [0.05, 0.1) is 43.1 Å². The molecule has 56 heavy (non-hydrogen) atoms. The Balaban J connectivity index is 0.914. The molecule has 20 heteroatoms. The molecular formula is C36H57N11O8S. The van der Waals surface area contributed by atoms with Gasteiger partial charge in [0.15, 0.2) is 5.66 Å². The van der Waals surface area contributed by atoms with Crippen LogP contribution in [0.5, 0.6) is 0 Å². The fourth-order valence-electron chi connectivity index (χ4n) is 6.20. The minimum atomic E-state index is -3.81. The van der Waals surface area contributed by atoms with Crippen LogP contribution in [0, 0.1) is 0 Å². The molecule has 19 nitrogen and oxygen atoms in total. The number of primary sulfonamides is 1. The lowest BCUT2D eigenvalue weighted by Crippen LogP contribution is -2.30. The van der Waals surface area contributed by atoms with Crippen LogP contribution in [0.3, 0.4) is 0 Å². The summed E-state index contributed by atoms with van der Waals surface area (Å²) in [6, 6.07) is 5.53. The Morgan fingerprint density at radius 2 is 1.50 bits per heavy atom. The molecule has 2 aliphatic rings. The van der Waals surface area contributed by atoms with Crippen molar-refractivity contribution < 1.29 is 37.1 Å². The first kappa shape index (κ1) is 44.2. The highest BCUT2D eigenvalue weighted by molar-refractivity contribution is 7.89. The molecule has 5 amide bonds. The summed E-state index contributed by atoms with van der Waals surface area (Å²) in [7, 11) is -3.81. The van der Waals surface area contributed by atoms with Gasteiger partial charge < -0.3 is 36.1 Å². The number of sulfonamides is 1. The first-order chi connectivity index (χ1) is 26.9. The van der Waals surface area contributed by atoms with Gasteiger partial charge in [-0.15, -0.1) is 5.10 Å². The highest BCUT2D eigenvalue weighted by atomic mass is 32.2. The Morgan fingerprint density at radius 1 is 0.839 bits per heavy atom. The van der Waals surface area contributed by atoms with Gasteiger partial charge in [-0.1, -0.05) is 18.1 Å². The molecule has 0 unspecified atom stereocenters. The normalized spacial score (nSPS) is 16.9. The van der Waals surface area contributed by atoms with E-state index in [-0.39, 0.29) is 53.9 Å². The third-order valence-electron chi connectivity index (χ3n) is 9.46. The molecule has 7 N–H and O–H groups in total. The quantitative estimate of drug-likeness (QED) is 0.0649. The Labute approximate surface area is 328 Å². The second-order valence-electron chi connectivity index (χ2n) is 14.1. The van der Waals surface area contributed by atoms with E-state index >= 15 is 0 Å². The topological polar surface area (TPSA) is 262 Å². The van der Waals surface area contributed by atoms with Crippen LogP contribution in [0.1, 0.15) is 93.6 Å². The van der Waals surface area contributed by atoms with E-state index < -0.39 is 15.7 Å². The fourth-order valence-corrected chi connectivity index (χ4v) is 6.71. The van der Waals surface area contributed by atoms with Gasteiger partial charge >= 0.3 is 6.03 Å². The number of carbonyl (C=O) groups excluding carboxylic acids is 4. The fraction of sp³-hybridized carbons (Fsp3) is 0.667. The van der Waals surface area contributed by atoms with Gasteiger partial charge in [0.2, 0.25) is 21.8 Å². The number of rotatable bonds is 29. The first-order valence-electron chi connectivity index (χ1n) is 19.4. The molecule has 1 saturated heterocycles. The molecule has 3 heterocycles. The van der Waals surface area contributed by atoms with E-state index in [0.717, 1.165) is 63.5 Å². The monoisotopic (exact) mass is 803 g/mol. The number of amides is 5. The van der Waals surface area contributed by atoms with Crippen molar-refractivity contribution >= 4 is 33.8 Å². The maximum absolute atomic E-state index is 12.3. The van der Waals surface area contributed by atoms with Crippen molar-refractivity contribution in [3.8, 4) is 0 Å². The van der Waals surface area contributed by atoms with Crippen molar-refractivity contribution in [3.63, 3.8) is 0 Å². The average Bonchev–Trinajstić information content (AvgIpc) is 3.64. The lowest BCUT2D eigenvalue weighted by molar-refractivity contribution is -0.122. The average molecular weight is 804 g/mol. The van der Waals surface area contributed by atoms with Gasteiger partial charge in [-0.05, 0) is 82.6 Å². The predicted octanol–water partition coefficient (Wildman–Crippen LogP) is 1.69. The van der Waals surface area contributed by atoms with Crippen molar-refractivity contribution in [1.29, 1.82) is 0 Å². The van der Waals surface area contributed by atoms with Crippen molar-refractivity contribution in [3.05, 3.63) is 41.7 Å². The van der Waals surface area contributed by atoms with Gasteiger partial charge in [0.25, 0.3) is 5.91 Å². The summed E-state index contributed by atoms with van der Waals surface area (Å²) in [5.41, 5.74) is 0.813. The largest absolute Gasteiger partial charge is 0.377 e.